The number of hydrogen-bond donors (Lipinski definition) is 0. The molecule has 0 bridgehead atoms. The molecule has 0 fully saturated rings. The summed E-state index contributed by atoms with van der Waals surface area (Å²) in [5.41, 5.74) is 0. The molecule has 2 aromatic rings. The van der Waals surface area contributed by atoms with Crippen molar-refractivity contribution in [1.82, 2.24) is 0 Å². The minimum atomic E-state index is 0.649. The summed E-state index contributed by atoms with van der Waals surface area (Å²) in [6.45, 7) is 2.27. The van der Waals surface area contributed by atoms with Crippen LogP contribution in [0.25, 0.3) is 10.8 Å². The fourth-order valence-corrected chi connectivity index (χ4v) is 4.13. The molecule has 0 aliphatic carbocycles. The van der Waals surface area contributed by atoms with Gasteiger partial charge in [0.25, 0.3) is 0 Å². The summed E-state index contributed by atoms with van der Waals surface area (Å²) in [4.78, 5) is 0. The van der Waals surface area contributed by atoms with Crippen molar-refractivity contribution < 1.29 is 0 Å². The number of hydrogen-bond acceptors (Lipinski definition) is 0. The summed E-state index contributed by atoms with van der Waals surface area (Å²) in [5.74, 6) is 0. The zero-order valence-electron chi connectivity index (χ0n) is 9.78. The number of benzene rings is 2. The summed E-state index contributed by atoms with van der Waals surface area (Å²) in [7, 11) is 0. The molecule has 0 saturated heterocycles. The van der Waals surface area contributed by atoms with Crippen LogP contribution in [0.2, 0.25) is 5.32 Å². The van der Waals surface area contributed by atoms with E-state index in [4.69, 9.17) is 0 Å². The zero-order valence-corrected chi connectivity index (χ0v) is 11.5. The van der Waals surface area contributed by atoms with Gasteiger partial charge < -0.3 is 0 Å². The quantitative estimate of drug-likeness (QED) is 0.576. The van der Waals surface area contributed by atoms with Crippen LogP contribution < -0.4 is 4.46 Å². The third-order valence-electron chi connectivity index (χ3n) is 2.76. The van der Waals surface area contributed by atoms with Crippen LogP contribution in [0.5, 0.6) is 0 Å². The Bertz CT molecular complexity index is 443. The molecular weight excluding hydrogens is 259 g/mol. The van der Waals surface area contributed by atoms with E-state index in [1.807, 2.05) is 0 Å². The van der Waals surface area contributed by atoms with Crippen LogP contribution in [-0.4, -0.2) is 15.0 Å². The molecule has 0 spiro atoms. The van der Waals surface area contributed by atoms with E-state index in [2.05, 4.69) is 49.4 Å². The molecule has 0 unspecified atom stereocenters. The second-order valence-corrected chi connectivity index (χ2v) is 6.42. The molecular formula is C15H18Se. The first kappa shape index (κ1) is 11.7. The third-order valence-corrected chi connectivity index (χ3v) is 5.19. The van der Waals surface area contributed by atoms with E-state index in [0.717, 1.165) is 0 Å². The average molecular weight is 277 g/mol. The first-order valence-corrected chi connectivity index (χ1v) is 8.09. The molecule has 2 aromatic carbocycles. The Balaban J connectivity index is 2.11. The fraction of sp³-hybridized carbons (Fsp3) is 0.333. The van der Waals surface area contributed by atoms with Crippen LogP contribution in [0.15, 0.2) is 42.5 Å². The monoisotopic (exact) mass is 278 g/mol. The van der Waals surface area contributed by atoms with Crippen molar-refractivity contribution in [3.05, 3.63) is 42.5 Å². The van der Waals surface area contributed by atoms with Gasteiger partial charge in [-0.25, -0.2) is 0 Å². The maximum atomic E-state index is 2.30. The topological polar surface area (TPSA) is 0 Å². The molecule has 16 heavy (non-hydrogen) atoms. The summed E-state index contributed by atoms with van der Waals surface area (Å²) < 4.78 is 1.57. The van der Waals surface area contributed by atoms with Gasteiger partial charge in [-0.15, -0.1) is 0 Å². The van der Waals surface area contributed by atoms with Crippen LogP contribution in [-0.2, 0) is 0 Å². The van der Waals surface area contributed by atoms with Gasteiger partial charge in [-0.1, -0.05) is 0 Å². The Hall–Kier alpha value is -0.781. The van der Waals surface area contributed by atoms with E-state index >= 15 is 0 Å². The van der Waals surface area contributed by atoms with E-state index in [1.165, 1.54) is 35.4 Å². The molecule has 0 aromatic heterocycles. The minimum absolute atomic E-state index is 0.649. The molecule has 2 rings (SSSR count). The van der Waals surface area contributed by atoms with Crippen LogP contribution in [0.4, 0.5) is 0 Å². The predicted octanol–water partition coefficient (Wildman–Crippen LogP) is 3.78. The number of unbranched alkanes of at least 4 members (excludes halogenated alkanes) is 2. The van der Waals surface area contributed by atoms with Gasteiger partial charge in [-0.2, -0.15) is 0 Å². The molecule has 0 saturated carbocycles. The summed E-state index contributed by atoms with van der Waals surface area (Å²) in [6.07, 6.45) is 4.10. The van der Waals surface area contributed by atoms with Gasteiger partial charge in [0, 0.05) is 0 Å². The van der Waals surface area contributed by atoms with Gasteiger partial charge in [0.05, 0.1) is 0 Å². The van der Waals surface area contributed by atoms with E-state index in [1.54, 1.807) is 4.46 Å². The molecule has 0 heterocycles. The fourth-order valence-electron chi connectivity index (χ4n) is 1.86. The third kappa shape index (κ3) is 2.87. The predicted molar refractivity (Wildman–Crippen MR) is 73.7 cm³/mol. The Morgan fingerprint density at radius 2 is 1.75 bits per heavy atom. The van der Waals surface area contributed by atoms with Crippen molar-refractivity contribution in [2.45, 2.75) is 31.5 Å². The van der Waals surface area contributed by atoms with Crippen LogP contribution in [0.1, 0.15) is 26.2 Å². The molecule has 0 radical (unpaired) electrons. The summed E-state index contributed by atoms with van der Waals surface area (Å²) in [6, 6.07) is 15.4. The first-order valence-electron chi connectivity index (χ1n) is 6.02. The first-order chi connectivity index (χ1) is 7.92. The van der Waals surface area contributed by atoms with Gasteiger partial charge in [-0.3, -0.25) is 0 Å². The Morgan fingerprint density at radius 3 is 2.62 bits per heavy atom. The van der Waals surface area contributed by atoms with Gasteiger partial charge in [0.15, 0.2) is 0 Å². The van der Waals surface area contributed by atoms with Crippen molar-refractivity contribution in [3.8, 4) is 0 Å². The Labute approximate surface area is 104 Å². The molecule has 0 nitrogen and oxygen atoms in total. The van der Waals surface area contributed by atoms with E-state index in [0.29, 0.717) is 15.0 Å². The number of fused-ring (bicyclic) bond motifs is 1. The van der Waals surface area contributed by atoms with Crippen LogP contribution in [0, 0.1) is 0 Å². The van der Waals surface area contributed by atoms with Gasteiger partial charge in [-0.05, 0) is 0 Å². The normalized spacial score (nSPS) is 10.8. The van der Waals surface area contributed by atoms with E-state index in [9.17, 15) is 0 Å². The summed E-state index contributed by atoms with van der Waals surface area (Å²) >= 11 is 0.649. The Kier molecular flexibility index (Phi) is 4.44. The SMILES string of the molecule is CCCCC[Se]c1cccc2ccccc12. The molecule has 0 aliphatic heterocycles. The van der Waals surface area contributed by atoms with Gasteiger partial charge >= 0.3 is 104 Å². The van der Waals surface area contributed by atoms with E-state index < -0.39 is 0 Å². The zero-order chi connectivity index (χ0) is 11.2. The molecule has 0 atom stereocenters. The van der Waals surface area contributed by atoms with Crippen molar-refractivity contribution in [3.63, 3.8) is 0 Å². The summed E-state index contributed by atoms with van der Waals surface area (Å²) in [5, 5.41) is 4.23. The second-order valence-electron chi connectivity index (χ2n) is 4.03. The van der Waals surface area contributed by atoms with Crippen molar-refractivity contribution in [2.24, 2.45) is 0 Å². The molecule has 0 aliphatic rings. The van der Waals surface area contributed by atoms with Crippen LogP contribution in [0.3, 0.4) is 0 Å². The molecule has 0 N–H and O–H groups in total. The Morgan fingerprint density at radius 1 is 0.938 bits per heavy atom. The van der Waals surface area contributed by atoms with Gasteiger partial charge in [0.1, 0.15) is 0 Å². The van der Waals surface area contributed by atoms with E-state index in [-0.39, 0.29) is 0 Å². The van der Waals surface area contributed by atoms with Crippen LogP contribution >= 0.6 is 0 Å². The van der Waals surface area contributed by atoms with Crippen molar-refractivity contribution >= 4 is 30.2 Å². The van der Waals surface area contributed by atoms with Crippen molar-refractivity contribution in [1.29, 1.82) is 0 Å². The molecule has 1 heteroatoms. The molecule has 0 amide bonds. The average Bonchev–Trinajstić information content (AvgIpc) is 2.35. The van der Waals surface area contributed by atoms with Gasteiger partial charge in [0.2, 0.25) is 0 Å². The van der Waals surface area contributed by atoms with Crippen molar-refractivity contribution in [2.75, 3.05) is 0 Å². The number of rotatable bonds is 5. The standard InChI is InChI=1S/C15H18Se/c1-2-3-6-12-16-15-11-7-9-13-8-4-5-10-14(13)15/h4-5,7-11H,2-3,6,12H2,1H3. The molecule has 84 valence electrons. The second kappa shape index (κ2) is 6.08. The maximum absolute atomic E-state index is 2.30.